The Hall–Kier alpha value is -3.20. The summed E-state index contributed by atoms with van der Waals surface area (Å²) in [7, 11) is 0. The Balaban J connectivity index is 1.91. The zero-order valence-corrected chi connectivity index (χ0v) is 17.2. The van der Waals surface area contributed by atoms with Crippen LogP contribution < -0.4 is 0 Å². The minimum Gasteiger partial charge on any atom is -0.306 e. The maximum atomic E-state index is 13.5. The minimum absolute atomic E-state index is 0.0627. The number of hydrogen-bond donors (Lipinski definition) is 0. The molecule has 0 heterocycles. The van der Waals surface area contributed by atoms with Gasteiger partial charge in [0.05, 0.1) is 6.04 Å². The Morgan fingerprint density at radius 1 is 1.00 bits per heavy atom. The van der Waals surface area contributed by atoms with Crippen molar-refractivity contribution >= 4 is 5.91 Å². The molecular weight excluding hydrogens is 361 g/mol. The maximum Gasteiger partial charge on any atom is 0.258 e. The normalized spacial score (nSPS) is 11.7. The van der Waals surface area contributed by atoms with Crippen molar-refractivity contribution in [1.82, 2.24) is 4.90 Å². The van der Waals surface area contributed by atoms with Gasteiger partial charge in [-0.15, -0.1) is 0 Å². The fourth-order valence-corrected chi connectivity index (χ4v) is 3.54. The number of benzene rings is 3. The first-order chi connectivity index (χ1) is 13.9. The molecule has 0 aliphatic rings. The van der Waals surface area contributed by atoms with E-state index in [1.165, 1.54) is 12.1 Å². The largest absolute Gasteiger partial charge is 0.306 e. The van der Waals surface area contributed by atoms with Crippen molar-refractivity contribution < 1.29 is 9.18 Å². The molecule has 2 nitrogen and oxygen atoms in total. The number of aryl methyl sites for hydroxylation is 1. The number of halogens is 1. The van der Waals surface area contributed by atoms with Gasteiger partial charge in [-0.3, -0.25) is 4.79 Å². The second-order valence-electron chi connectivity index (χ2n) is 7.45. The van der Waals surface area contributed by atoms with Crippen LogP contribution in [-0.4, -0.2) is 10.8 Å². The van der Waals surface area contributed by atoms with E-state index in [1.54, 1.807) is 17.0 Å². The van der Waals surface area contributed by atoms with Crippen molar-refractivity contribution in [2.24, 2.45) is 0 Å². The first-order valence-electron chi connectivity index (χ1n) is 9.75. The molecule has 0 spiro atoms. The van der Waals surface area contributed by atoms with Crippen LogP contribution in [0.1, 0.15) is 52.5 Å². The molecule has 0 radical (unpaired) electrons. The SMILES string of the molecule is C=C(C)N(C(=O)c1cc(Cc2ccc(F)cc2)ccc1C)[C@H](C)c1ccccc1. The van der Waals surface area contributed by atoms with Crippen LogP contribution in [0.3, 0.4) is 0 Å². The molecule has 3 aromatic carbocycles. The van der Waals surface area contributed by atoms with Crippen LogP contribution >= 0.6 is 0 Å². The summed E-state index contributed by atoms with van der Waals surface area (Å²) in [5.74, 6) is -0.312. The number of nitrogens with zero attached hydrogens (tertiary/aromatic N) is 1. The van der Waals surface area contributed by atoms with Gasteiger partial charge in [0, 0.05) is 11.3 Å². The number of hydrogen-bond acceptors (Lipinski definition) is 1. The quantitative estimate of drug-likeness (QED) is 0.475. The highest BCUT2D eigenvalue weighted by atomic mass is 19.1. The van der Waals surface area contributed by atoms with Gasteiger partial charge < -0.3 is 4.90 Å². The standard InChI is InChI=1S/C26H26FNO/c1-18(2)28(20(4)23-8-6-5-7-9-23)26(29)25-17-22(11-10-19(25)3)16-21-12-14-24(27)15-13-21/h5-15,17,20H,1,16H2,2-4H3/t20-/m1/s1. The number of carbonyl (C=O) groups is 1. The van der Waals surface area contributed by atoms with Crippen molar-refractivity contribution in [1.29, 1.82) is 0 Å². The van der Waals surface area contributed by atoms with Crippen molar-refractivity contribution in [3.63, 3.8) is 0 Å². The van der Waals surface area contributed by atoms with Crippen molar-refractivity contribution in [2.75, 3.05) is 0 Å². The second kappa shape index (κ2) is 8.87. The van der Waals surface area contributed by atoms with E-state index >= 15 is 0 Å². The molecular formula is C26H26FNO. The molecule has 0 saturated heterocycles. The minimum atomic E-state index is -0.250. The zero-order chi connectivity index (χ0) is 21.0. The molecule has 0 aliphatic carbocycles. The summed E-state index contributed by atoms with van der Waals surface area (Å²) in [6.45, 7) is 9.86. The summed E-state index contributed by atoms with van der Waals surface area (Å²) in [5.41, 5.74) is 5.36. The van der Waals surface area contributed by atoms with E-state index in [2.05, 4.69) is 6.58 Å². The smallest absolute Gasteiger partial charge is 0.258 e. The van der Waals surface area contributed by atoms with Crippen LogP contribution in [0.2, 0.25) is 0 Å². The molecule has 0 saturated carbocycles. The number of amides is 1. The lowest BCUT2D eigenvalue weighted by Gasteiger charge is -2.30. The molecule has 1 atom stereocenters. The van der Waals surface area contributed by atoms with Crippen molar-refractivity contribution in [3.05, 3.63) is 119 Å². The third-order valence-electron chi connectivity index (χ3n) is 5.15. The lowest BCUT2D eigenvalue weighted by Crippen LogP contribution is -2.32. The van der Waals surface area contributed by atoms with Crippen LogP contribution in [0.25, 0.3) is 0 Å². The predicted molar refractivity (Wildman–Crippen MR) is 116 cm³/mol. The highest BCUT2D eigenvalue weighted by Crippen LogP contribution is 2.27. The average molecular weight is 387 g/mol. The predicted octanol–water partition coefficient (Wildman–Crippen LogP) is 6.46. The van der Waals surface area contributed by atoms with Gasteiger partial charge >= 0.3 is 0 Å². The van der Waals surface area contributed by atoms with Crippen LogP contribution in [0.15, 0.2) is 85.1 Å². The fraction of sp³-hybridized carbons (Fsp3) is 0.192. The Kier molecular flexibility index (Phi) is 6.28. The summed E-state index contributed by atoms with van der Waals surface area (Å²) in [6.07, 6.45) is 0.641. The molecule has 29 heavy (non-hydrogen) atoms. The summed E-state index contributed by atoms with van der Waals surface area (Å²) in [4.78, 5) is 15.2. The summed E-state index contributed by atoms with van der Waals surface area (Å²) >= 11 is 0. The third kappa shape index (κ3) is 4.80. The first-order valence-corrected chi connectivity index (χ1v) is 9.75. The van der Waals surface area contributed by atoms with Crippen LogP contribution in [-0.2, 0) is 6.42 Å². The molecule has 0 fully saturated rings. The molecule has 0 bridgehead atoms. The number of carbonyl (C=O) groups excluding carboxylic acids is 1. The lowest BCUT2D eigenvalue weighted by molar-refractivity contribution is 0.0757. The maximum absolute atomic E-state index is 13.5. The van der Waals surface area contributed by atoms with Gasteiger partial charge in [-0.2, -0.15) is 0 Å². The van der Waals surface area contributed by atoms with Gasteiger partial charge in [-0.25, -0.2) is 4.39 Å². The van der Waals surface area contributed by atoms with E-state index in [-0.39, 0.29) is 17.8 Å². The number of rotatable bonds is 6. The molecule has 3 heteroatoms. The fourth-order valence-electron chi connectivity index (χ4n) is 3.54. The van der Waals surface area contributed by atoms with Gasteiger partial charge in [-0.1, -0.05) is 61.2 Å². The lowest BCUT2D eigenvalue weighted by atomic mass is 9.98. The highest BCUT2D eigenvalue weighted by Gasteiger charge is 2.24. The van der Waals surface area contributed by atoms with E-state index < -0.39 is 0 Å². The topological polar surface area (TPSA) is 20.3 Å². The highest BCUT2D eigenvalue weighted by molar-refractivity contribution is 5.97. The van der Waals surface area contributed by atoms with E-state index in [4.69, 9.17) is 0 Å². The van der Waals surface area contributed by atoms with Crippen LogP contribution in [0.5, 0.6) is 0 Å². The molecule has 0 unspecified atom stereocenters. The van der Waals surface area contributed by atoms with Crippen LogP contribution in [0.4, 0.5) is 4.39 Å². The van der Waals surface area contributed by atoms with E-state index in [0.717, 1.165) is 22.3 Å². The average Bonchev–Trinajstić information content (AvgIpc) is 2.71. The monoisotopic (exact) mass is 387 g/mol. The Morgan fingerprint density at radius 3 is 2.24 bits per heavy atom. The Morgan fingerprint density at radius 2 is 1.62 bits per heavy atom. The van der Waals surface area contributed by atoms with Gasteiger partial charge in [0.25, 0.3) is 5.91 Å². The van der Waals surface area contributed by atoms with Crippen molar-refractivity contribution in [2.45, 2.75) is 33.2 Å². The third-order valence-corrected chi connectivity index (χ3v) is 5.15. The summed E-state index contributed by atoms with van der Waals surface area (Å²) in [6, 6.07) is 22.2. The summed E-state index contributed by atoms with van der Waals surface area (Å²) in [5, 5.41) is 0. The van der Waals surface area contributed by atoms with Crippen molar-refractivity contribution in [3.8, 4) is 0 Å². The molecule has 148 valence electrons. The second-order valence-corrected chi connectivity index (χ2v) is 7.45. The zero-order valence-electron chi connectivity index (χ0n) is 17.2. The number of allylic oxidation sites excluding steroid dienone is 1. The van der Waals surface area contributed by atoms with Gasteiger partial charge in [0.15, 0.2) is 0 Å². The van der Waals surface area contributed by atoms with E-state index in [0.29, 0.717) is 17.7 Å². The molecule has 0 aromatic heterocycles. The van der Waals surface area contributed by atoms with Gasteiger partial charge in [0.2, 0.25) is 0 Å². The van der Waals surface area contributed by atoms with Gasteiger partial charge in [-0.05, 0) is 67.6 Å². The van der Waals surface area contributed by atoms with Gasteiger partial charge in [0.1, 0.15) is 5.82 Å². The Labute approximate surface area is 172 Å². The molecule has 0 aliphatic heterocycles. The molecule has 3 aromatic rings. The van der Waals surface area contributed by atoms with E-state index in [9.17, 15) is 9.18 Å². The molecule has 1 amide bonds. The first kappa shape index (κ1) is 20.5. The Bertz CT molecular complexity index is 1010. The molecule has 3 rings (SSSR count). The summed E-state index contributed by atoms with van der Waals surface area (Å²) < 4.78 is 13.2. The molecule has 0 N–H and O–H groups in total. The van der Waals surface area contributed by atoms with Crippen LogP contribution in [0, 0.1) is 12.7 Å². The van der Waals surface area contributed by atoms with E-state index in [1.807, 2.05) is 69.3 Å².